The van der Waals surface area contributed by atoms with Crippen LogP contribution in [0.3, 0.4) is 0 Å². The molecular formula is C15H11ClF2N2O2. The lowest BCUT2D eigenvalue weighted by atomic mass is 10.0. The number of halogens is 3. The fourth-order valence-electron chi connectivity index (χ4n) is 1.89. The highest BCUT2D eigenvalue weighted by molar-refractivity contribution is 6.30. The molecule has 1 aromatic carbocycles. The molecule has 7 heteroatoms. The van der Waals surface area contributed by atoms with E-state index in [2.05, 4.69) is 16.3 Å². The third kappa shape index (κ3) is 2.65. The van der Waals surface area contributed by atoms with Gasteiger partial charge in [-0.05, 0) is 12.1 Å². The fourth-order valence-corrected chi connectivity index (χ4v) is 2.01. The van der Waals surface area contributed by atoms with Gasteiger partial charge in [0.25, 0.3) is 0 Å². The van der Waals surface area contributed by atoms with Crippen LogP contribution in [0.25, 0.3) is 17.3 Å². The highest BCUT2D eigenvalue weighted by Crippen LogP contribution is 2.31. The Hall–Kier alpha value is -2.47. The van der Waals surface area contributed by atoms with E-state index in [1.54, 1.807) is 0 Å². The van der Waals surface area contributed by atoms with E-state index in [0.717, 1.165) is 13.2 Å². The van der Waals surface area contributed by atoms with Crippen LogP contribution in [0, 0.1) is 11.6 Å². The zero-order valence-corrected chi connectivity index (χ0v) is 12.2. The van der Waals surface area contributed by atoms with Crippen molar-refractivity contribution in [3.63, 3.8) is 0 Å². The number of hydrogen-bond donors (Lipinski definition) is 1. The number of carbonyl (C=O) groups excluding carboxylic acids is 1. The van der Waals surface area contributed by atoms with Gasteiger partial charge in [-0.3, -0.25) is 0 Å². The number of pyridine rings is 1. The Kier molecular flexibility index (Phi) is 4.42. The monoisotopic (exact) mass is 324 g/mol. The third-order valence-corrected chi connectivity index (χ3v) is 3.30. The molecule has 114 valence electrons. The van der Waals surface area contributed by atoms with Gasteiger partial charge >= 0.3 is 5.97 Å². The summed E-state index contributed by atoms with van der Waals surface area (Å²) in [5.74, 6) is -2.44. The van der Waals surface area contributed by atoms with Crippen molar-refractivity contribution in [2.45, 2.75) is 0 Å². The molecule has 0 amide bonds. The Morgan fingerprint density at radius 2 is 2.14 bits per heavy atom. The normalized spacial score (nSPS) is 10.4. The number of nitrogens with two attached hydrogens (primary N) is 1. The van der Waals surface area contributed by atoms with Crippen molar-refractivity contribution in [3.8, 4) is 11.3 Å². The molecule has 2 rings (SSSR count). The quantitative estimate of drug-likeness (QED) is 0.874. The Morgan fingerprint density at radius 3 is 2.68 bits per heavy atom. The zero-order chi connectivity index (χ0) is 16.4. The molecule has 2 aromatic rings. The summed E-state index contributed by atoms with van der Waals surface area (Å²) in [4.78, 5) is 15.7. The Labute approximate surface area is 130 Å². The summed E-state index contributed by atoms with van der Waals surface area (Å²) in [5, 5.41) is -0.118. The number of benzene rings is 1. The van der Waals surface area contributed by atoms with Crippen LogP contribution in [0.4, 0.5) is 14.5 Å². The molecule has 0 aliphatic heterocycles. The zero-order valence-electron chi connectivity index (χ0n) is 11.5. The van der Waals surface area contributed by atoms with Crippen LogP contribution in [0.5, 0.6) is 0 Å². The minimum atomic E-state index is -0.885. The molecule has 1 heterocycles. The van der Waals surface area contributed by atoms with Crippen LogP contribution >= 0.6 is 11.6 Å². The van der Waals surface area contributed by atoms with E-state index >= 15 is 0 Å². The summed E-state index contributed by atoms with van der Waals surface area (Å²) < 4.78 is 32.5. The van der Waals surface area contributed by atoms with Gasteiger partial charge in [0.1, 0.15) is 11.5 Å². The Balaban J connectivity index is 2.76. The molecule has 2 N–H and O–H groups in total. The van der Waals surface area contributed by atoms with Gasteiger partial charge in [0, 0.05) is 11.1 Å². The average Bonchev–Trinajstić information content (AvgIpc) is 2.51. The van der Waals surface area contributed by atoms with Crippen molar-refractivity contribution in [3.05, 3.63) is 52.7 Å². The lowest BCUT2D eigenvalue weighted by molar-refractivity contribution is 0.0594. The van der Waals surface area contributed by atoms with Crippen LogP contribution in [0.15, 0.2) is 24.8 Å². The van der Waals surface area contributed by atoms with E-state index in [0.29, 0.717) is 0 Å². The topological polar surface area (TPSA) is 65.2 Å². The van der Waals surface area contributed by atoms with Gasteiger partial charge in [-0.15, -0.1) is 0 Å². The number of carbonyl (C=O) groups is 1. The number of methoxy groups -OCH3 is 1. The minimum absolute atomic E-state index is 0.0162. The molecule has 0 aliphatic carbocycles. The molecule has 0 aliphatic rings. The molecule has 0 saturated heterocycles. The first-order valence-electron chi connectivity index (χ1n) is 6.05. The summed E-state index contributed by atoms with van der Waals surface area (Å²) in [7, 11) is 1.15. The van der Waals surface area contributed by atoms with Gasteiger partial charge < -0.3 is 10.5 Å². The van der Waals surface area contributed by atoms with Crippen molar-refractivity contribution in [1.29, 1.82) is 0 Å². The van der Waals surface area contributed by atoms with E-state index in [-0.39, 0.29) is 33.2 Å². The molecule has 1 aromatic heterocycles. The number of ether oxygens (including phenoxy) is 1. The molecule has 0 bridgehead atoms. The summed E-state index contributed by atoms with van der Waals surface area (Å²) in [6.07, 6.45) is 1.20. The number of anilines is 1. The first-order valence-corrected chi connectivity index (χ1v) is 6.43. The molecule has 0 unspecified atom stereocenters. The van der Waals surface area contributed by atoms with Crippen molar-refractivity contribution < 1.29 is 18.3 Å². The van der Waals surface area contributed by atoms with Crippen molar-refractivity contribution in [2.75, 3.05) is 12.8 Å². The van der Waals surface area contributed by atoms with Gasteiger partial charge in [0.05, 0.1) is 17.8 Å². The predicted octanol–water partition coefficient (Wildman–Crippen LogP) is 3.69. The predicted molar refractivity (Wildman–Crippen MR) is 80.4 cm³/mol. The van der Waals surface area contributed by atoms with Gasteiger partial charge in [-0.2, -0.15) is 0 Å². The van der Waals surface area contributed by atoms with Gasteiger partial charge in [0.15, 0.2) is 11.5 Å². The Morgan fingerprint density at radius 1 is 1.45 bits per heavy atom. The summed E-state index contributed by atoms with van der Waals surface area (Å²) in [6.45, 7) is 3.47. The molecule has 0 atom stereocenters. The SMILES string of the molecule is C=Cc1c(C(=O)OC)nc(-c2ccc(Cl)c(F)c2)c(F)c1N. The van der Waals surface area contributed by atoms with Crippen LogP contribution in [-0.4, -0.2) is 18.1 Å². The number of nitrogens with zero attached hydrogens (tertiary/aromatic N) is 1. The summed E-state index contributed by atoms with van der Waals surface area (Å²) in [6, 6.07) is 3.62. The molecule has 0 spiro atoms. The van der Waals surface area contributed by atoms with Gasteiger partial charge in [-0.1, -0.05) is 30.3 Å². The summed E-state index contributed by atoms with van der Waals surface area (Å²) >= 11 is 5.59. The smallest absolute Gasteiger partial charge is 0.357 e. The largest absolute Gasteiger partial charge is 0.464 e. The third-order valence-electron chi connectivity index (χ3n) is 2.99. The lowest BCUT2D eigenvalue weighted by Gasteiger charge is -2.12. The molecule has 0 radical (unpaired) electrons. The number of nitrogen functional groups attached to an aromatic ring is 1. The van der Waals surface area contributed by atoms with Crippen LogP contribution in [-0.2, 0) is 4.74 Å². The second-order valence-corrected chi connectivity index (χ2v) is 4.68. The standard InChI is InChI=1S/C15H11ClF2N2O2/c1-3-8-12(19)11(18)13(20-14(8)15(21)22-2)7-4-5-9(16)10(17)6-7/h3-6H,1H2,2H3,(H2,19,20). The Bertz CT molecular complexity index is 779. The van der Waals surface area contributed by atoms with E-state index < -0.39 is 17.6 Å². The van der Waals surface area contributed by atoms with E-state index in [1.807, 2.05) is 0 Å². The van der Waals surface area contributed by atoms with E-state index in [4.69, 9.17) is 17.3 Å². The van der Waals surface area contributed by atoms with Crippen LogP contribution < -0.4 is 5.73 Å². The second kappa shape index (κ2) is 6.11. The van der Waals surface area contributed by atoms with E-state index in [9.17, 15) is 13.6 Å². The van der Waals surface area contributed by atoms with Gasteiger partial charge in [-0.25, -0.2) is 18.6 Å². The number of aromatic nitrogens is 1. The molecule has 0 saturated carbocycles. The number of rotatable bonds is 3. The maximum absolute atomic E-state index is 14.4. The first-order chi connectivity index (χ1) is 10.4. The van der Waals surface area contributed by atoms with Crippen molar-refractivity contribution in [1.82, 2.24) is 4.98 Å². The first kappa shape index (κ1) is 15.9. The molecular weight excluding hydrogens is 314 g/mol. The van der Waals surface area contributed by atoms with Crippen LogP contribution in [0.2, 0.25) is 5.02 Å². The fraction of sp³-hybridized carbons (Fsp3) is 0.0667. The molecule has 22 heavy (non-hydrogen) atoms. The van der Waals surface area contributed by atoms with Crippen molar-refractivity contribution >= 4 is 29.3 Å². The van der Waals surface area contributed by atoms with Gasteiger partial charge in [0.2, 0.25) is 0 Å². The molecule has 0 fully saturated rings. The lowest BCUT2D eigenvalue weighted by Crippen LogP contribution is -2.12. The van der Waals surface area contributed by atoms with Crippen molar-refractivity contribution in [2.24, 2.45) is 0 Å². The number of hydrogen-bond acceptors (Lipinski definition) is 4. The van der Waals surface area contributed by atoms with E-state index in [1.165, 1.54) is 18.2 Å². The highest BCUT2D eigenvalue weighted by Gasteiger charge is 2.22. The average molecular weight is 325 g/mol. The molecule has 4 nitrogen and oxygen atoms in total. The maximum Gasteiger partial charge on any atom is 0.357 e. The summed E-state index contributed by atoms with van der Waals surface area (Å²) in [5.41, 5.74) is 4.98. The highest BCUT2D eigenvalue weighted by atomic mass is 35.5. The number of esters is 1. The maximum atomic E-state index is 14.4. The second-order valence-electron chi connectivity index (χ2n) is 4.27. The van der Waals surface area contributed by atoms with Crippen LogP contribution in [0.1, 0.15) is 16.1 Å². The minimum Gasteiger partial charge on any atom is -0.464 e.